The smallest absolute Gasteiger partial charge is 0.316 e. The number of halogens is 1. The molecule has 0 N–H and O–H groups in total. The molecule has 1 atom stereocenters. The Morgan fingerprint density at radius 2 is 1.94 bits per heavy atom. The SMILES string of the molecule is Brc1cnc(OC2CN3CCC2CC3)nc1. The maximum Gasteiger partial charge on any atom is 0.316 e. The van der Waals surface area contributed by atoms with Crippen molar-refractivity contribution in [1.29, 1.82) is 0 Å². The van der Waals surface area contributed by atoms with Gasteiger partial charge in [-0.3, -0.25) is 4.90 Å². The molecule has 3 fully saturated rings. The molecule has 4 heterocycles. The van der Waals surface area contributed by atoms with Crippen molar-refractivity contribution >= 4 is 15.9 Å². The molecule has 3 aliphatic heterocycles. The van der Waals surface area contributed by atoms with Crippen molar-refractivity contribution in [3.8, 4) is 6.01 Å². The van der Waals surface area contributed by atoms with Crippen LogP contribution in [0.1, 0.15) is 12.8 Å². The molecule has 16 heavy (non-hydrogen) atoms. The first kappa shape index (κ1) is 10.5. The van der Waals surface area contributed by atoms with Crippen molar-refractivity contribution < 1.29 is 4.74 Å². The normalized spacial score (nSPS) is 32.7. The van der Waals surface area contributed by atoms with Crippen molar-refractivity contribution in [2.45, 2.75) is 18.9 Å². The predicted octanol–water partition coefficient (Wildman–Crippen LogP) is 1.71. The number of piperidine rings is 3. The Hall–Kier alpha value is -0.680. The average molecular weight is 284 g/mol. The molecule has 0 amide bonds. The second-order valence-electron chi connectivity index (χ2n) is 4.48. The summed E-state index contributed by atoms with van der Waals surface area (Å²) >= 11 is 3.31. The molecule has 4 rings (SSSR count). The minimum Gasteiger partial charge on any atom is -0.458 e. The van der Waals surface area contributed by atoms with Gasteiger partial charge in [0.2, 0.25) is 0 Å². The van der Waals surface area contributed by atoms with Gasteiger partial charge in [0.25, 0.3) is 0 Å². The van der Waals surface area contributed by atoms with E-state index >= 15 is 0 Å². The monoisotopic (exact) mass is 283 g/mol. The average Bonchev–Trinajstić information content (AvgIpc) is 2.34. The van der Waals surface area contributed by atoms with E-state index in [0.717, 1.165) is 11.0 Å². The molecule has 1 unspecified atom stereocenters. The Kier molecular flexibility index (Phi) is 2.81. The molecular weight excluding hydrogens is 270 g/mol. The van der Waals surface area contributed by atoms with Gasteiger partial charge in [0.1, 0.15) is 6.10 Å². The maximum atomic E-state index is 5.86. The number of nitrogens with zero attached hydrogens (tertiary/aromatic N) is 3. The fraction of sp³-hybridized carbons (Fsp3) is 0.636. The molecule has 0 saturated carbocycles. The van der Waals surface area contributed by atoms with Gasteiger partial charge in [-0.25, -0.2) is 9.97 Å². The first-order valence-corrected chi connectivity index (χ1v) is 6.47. The van der Waals surface area contributed by atoms with Crippen molar-refractivity contribution in [2.75, 3.05) is 19.6 Å². The molecule has 86 valence electrons. The van der Waals surface area contributed by atoms with Crippen LogP contribution in [0.2, 0.25) is 0 Å². The molecule has 1 aromatic heterocycles. The lowest BCUT2D eigenvalue weighted by Gasteiger charge is -2.43. The van der Waals surface area contributed by atoms with Crippen molar-refractivity contribution in [2.24, 2.45) is 5.92 Å². The summed E-state index contributed by atoms with van der Waals surface area (Å²) in [5.74, 6) is 0.692. The Labute approximate surface area is 103 Å². The summed E-state index contributed by atoms with van der Waals surface area (Å²) in [7, 11) is 0. The Balaban J connectivity index is 1.68. The zero-order valence-corrected chi connectivity index (χ0v) is 10.6. The summed E-state index contributed by atoms with van der Waals surface area (Å²) in [5.41, 5.74) is 0. The lowest BCUT2D eigenvalue weighted by Crippen LogP contribution is -2.52. The number of hydrogen-bond acceptors (Lipinski definition) is 4. The fourth-order valence-electron chi connectivity index (χ4n) is 2.54. The zero-order chi connectivity index (χ0) is 11.0. The minimum absolute atomic E-state index is 0.281. The van der Waals surface area contributed by atoms with Gasteiger partial charge in [0, 0.05) is 18.9 Å². The number of rotatable bonds is 2. The summed E-state index contributed by atoms with van der Waals surface area (Å²) in [4.78, 5) is 10.8. The third-order valence-electron chi connectivity index (χ3n) is 3.45. The molecule has 0 aliphatic carbocycles. The lowest BCUT2D eigenvalue weighted by molar-refractivity contribution is -0.0123. The van der Waals surface area contributed by atoms with E-state index in [1.807, 2.05) is 0 Å². The van der Waals surface area contributed by atoms with Gasteiger partial charge in [0.05, 0.1) is 4.47 Å². The molecule has 5 heteroatoms. The van der Waals surface area contributed by atoms with Crippen molar-refractivity contribution in [3.05, 3.63) is 16.9 Å². The van der Waals surface area contributed by atoms with E-state index in [0.29, 0.717) is 11.9 Å². The molecule has 2 bridgehead atoms. The number of ether oxygens (including phenoxy) is 1. The van der Waals surface area contributed by atoms with Gasteiger partial charge in [-0.1, -0.05) is 0 Å². The third kappa shape index (κ3) is 2.06. The van der Waals surface area contributed by atoms with E-state index in [4.69, 9.17) is 4.74 Å². The second-order valence-corrected chi connectivity index (χ2v) is 5.39. The molecule has 0 radical (unpaired) electrons. The van der Waals surface area contributed by atoms with Crippen LogP contribution >= 0.6 is 15.9 Å². The van der Waals surface area contributed by atoms with E-state index in [-0.39, 0.29) is 6.10 Å². The van der Waals surface area contributed by atoms with E-state index < -0.39 is 0 Å². The van der Waals surface area contributed by atoms with Crippen LogP contribution in [0.3, 0.4) is 0 Å². The highest BCUT2D eigenvalue weighted by molar-refractivity contribution is 9.10. The predicted molar refractivity (Wildman–Crippen MR) is 63.3 cm³/mol. The van der Waals surface area contributed by atoms with E-state index in [1.54, 1.807) is 12.4 Å². The first-order valence-electron chi connectivity index (χ1n) is 5.68. The highest BCUT2D eigenvalue weighted by Crippen LogP contribution is 2.29. The Morgan fingerprint density at radius 1 is 1.25 bits per heavy atom. The fourth-order valence-corrected chi connectivity index (χ4v) is 2.75. The minimum atomic E-state index is 0.281. The van der Waals surface area contributed by atoms with E-state index in [1.165, 1.54) is 25.9 Å². The van der Waals surface area contributed by atoms with Crippen molar-refractivity contribution in [3.63, 3.8) is 0 Å². The van der Waals surface area contributed by atoms with Crippen LogP contribution in [-0.2, 0) is 0 Å². The molecule has 1 aromatic rings. The summed E-state index contributed by atoms with van der Waals surface area (Å²) in [6.07, 6.45) is 6.24. The van der Waals surface area contributed by atoms with Gasteiger partial charge >= 0.3 is 6.01 Å². The van der Waals surface area contributed by atoms with Crippen LogP contribution in [-0.4, -0.2) is 40.6 Å². The Morgan fingerprint density at radius 3 is 2.50 bits per heavy atom. The molecule has 0 spiro atoms. The molecule has 3 aliphatic rings. The zero-order valence-electron chi connectivity index (χ0n) is 8.97. The van der Waals surface area contributed by atoms with Gasteiger partial charge in [-0.05, 0) is 47.8 Å². The quantitative estimate of drug-likeness (QED) is 0.828. The number of hydrogen-bond donors (Lipinski definition) is 0. The highest BCUT2D eigenvalue weighted by atomic mass is 79.9. The summed E-state index contributed by atoms with van der Waals surface area (Å²) in [5, 5.41) is 0. The maximum absolute atomic E-state index is 5.86. The number of aromatic nitrogens is 2. The molecule has 0 aromatic carbocycles. The number of fused-ring (bicyclic) bond motifs is 3. The Bertz CT molecular complexity index is 362. The topological polar surface area (TPSA) is 38.2 Å². The third-order valence-corrected chi connectivity index (χ3v) is 3.86. The van der Waals surface area contributed by atoms with E-state index in [9.17, 15) is 0 Å². The van der Waals surface area contributed by atoms with Crippen LogP contribution in [0.25, 0.3) is 0 Å². The van der Waals surface area contributed by atoms with Crippen LogP contribution < -0.4 is 4.74 Å². The summed E-state index contributed by atoms with van der Waals surface area (Å²) in [6, 6.07) is 0.502. The first-order chi connectivity index (χ1) is 7.81. The summed E-state index contributed by atoms with van der Waals surface area (Å²) < 4.78 is 6.74. The lowest BCUT2D eigenvalue weighted by atomic mass is 9.86. The van der Waals surface area contributed by atoms with Crippen molar-refractivity contribution in [1.82, 2.24) is 14.9 Å². The largest absolute Gasteiger partial charge is 0.458 e. The standard InChI is InChI=1S/C11H14BrN3O/c12-9-5-13-11(14-6-9)16-10-7-15-3-1-8(10)2-4-15/h5-6,8,10H,1-4,7H2. The molecule has 4 nitrogen and oxygen atoms in total. The van der Waals surface area contributed by atoms with Crippen LogP contribution in [0.4, 0.5) is 0 Å². The van der Waals surface area contributed by atoms with Crippen LogP contribution in [0.5, 0.6) is 6.01 Å². The van der Waals surface area contributed by atoms with E-state index in [2.05, 4.69) is 30.8 Å². The second kappa shape index (κ2) is 4.30. The van der Waals surface area contributed by atoms with Gasteiger partial charge < -0.3 is 4.74 Å². The van der Waals surface area contributed by atoms with Gasteiger partial charge in [0.15, 0.2) is 0 Å². The van der Waals surface area contributed by atoms with Gasteiger partial charge in [-0.15, -0.1) is 0 Å². The molecule has 3 saturated heterocycles. The molecular formula is C11H14BrN3O. The van der Waals surface area contributed by atoms with Gasteiger partial charge in [-0.2, -0.15) is 0 Å². The van der Waals surface area contributed by atoms with Crippen LogP contribution in [0.15, 0.2) is 16.9 Å². The summed E-state index contributed by atoms with van der Waals surface area (Å²) in [6.45, 7) is 3.49. The highest BCUT2D eigenvalue weighted by Gasteiger charge is 2.35. The van der Waals surface area contributed by atoms with Crippen LogP contribution in [0, 0.1) is 5.92 Å².